The third-order valence-corrected chi connectivity index (χ3v) is 3.62. The first-order valence-electron chi connectivity index (χ1n) is 5.05. The van der Waals surface area contributed by atoms with Crippen molar-refractivity contribution in [1.29, 1.82) is 0 Å². The number of rotatable bonds is 4. The smallest absolute Gasteiger partial charge is 0.311 e. The second-order valence-corrected chi connectivity index (χ2v) is 5.14. The molecule has 0 aromatic rings. The minimum atomic E-state index is -4.10. The molecule has 1 atom stereocenters. The molecule has 1 rings (SSSR count). The molecule has 5 nitrogen and oxygen atoms in total. The summed E-state index contributed by atoms with van der Waals surface area (Å²) in [5.41, 5.74) is 0. The standard InChI is InChI=1S/C9H18N2O3S/c1-4-5-6-11-7-9(15(12,13)14)10(3)8(11)2/h7-8H,4-6H2,1-3H3,(H,12,13,14). The van der Waals surface area contributed by atoms with Crippen LogP contribution in [0, 0.1) is 0 Å². The Morgan fingerprint density at radius 2 is 2.13 bits per heavy atom. The van der Waals surface area contributed by atoms with Crippen LogP contribution in [0.2, 0.25) is 0 Å². The van der Waals surface area contributed by atoms with E-state index in [1.54, 1.807) is 11.9 Å². The third-order valence-electron chi connectivity index (χ3n) is 2.70. The van der Waals surface area contributed by atoms with Crippen molar-refractivity contribution in [3.63, 3.8) is 0 Å². The van der Waals surface area contributed by atoms with E-state index in [0.29, 0.717) is 0 Å². The van der Waals surface area contributed by atoms with Gasteiger partial charge < -0.3 is 9.80 Å². The Balaban J connectivity index is 2.82. The molecule has 0 aromatic heterocycles. The first-order chi connectivity index (χ1) is 6.88. The average Bonchev–Trinajstić information content (AvgIpc) is 2.41. The monoisotopic (exact) mass is 234 g/mol. The van der Waals surface area contributed by atoms with Gasteiger partial charge in [-0.05, 0) is 13.3 Å². The summed E-state index contributed by atoms with van der Waals surface area (Å²) in [6.45, 7) is 4.79. The van der Waals surface area contributed by atoms with Gasteiger partial charge in [-0.15, -0.1) is 0 Å². The number of hydrogen-bond donors (Lipinski definition) is 1. The van der Waals surface area contributed by atoms with E-state index in [-0.39, 0.29) is 11.2 Å². The quantitative estimate of drug-likeness (QED) is 0.737. The van der Waals surface area contributed by atoms with Gasteiger partial charge in [0, 0.05) is 19.8 Å². The van der Waals surface area contributed by atoms with Gasteiger partial charge in [0.25, 0.3) is 0 Å². The van der Waals surface area contributed by atoms with Crippen molar-refractivity contribution >= 4 is 10.1 Å². The van der Waals surface area contributed by atoms with Crippen molar-refractivity contribution in [3.05, 3.63) is 11.2 Å². The molecule has 1 unspecified atom stereocenters. The predicted molar refractivity (Wildman–Crippen MR) is 58.5 cm³/mol. The topological polar surface area (TPSA) is 60.9 Å². The summed E-state index contributed by atoms with van der Waals surface area (Å²) in [5, 5.41) is -0.0221. The molecule has 1 aliphatic heterocycles. The van der Waals surface area contributed by atoms with Crippen LogP contribution in [0.5, 0.6) is 0 Å². The van der Waals surface area contributed by atoms with Crippen LogP contribution in [-0.2, 0) is 10.1 Å². The van der Waals surface area contributed by atoms with Crippen LogP contribution in [0.1, 0.15) is 26.7 Å². The number of hydrogen-bond acceptors (Lipinski definition) is 4. The molecule has 0 fully saturated rings. The molecule has 0 aliphatic carbocycles. The largest absolute Gasteiger partial charge is 0.355 e. The first-order valence-corrected chi connectivity index (χ1v) is 6.49. The van der Waals surface area contributed by atoms with E-state index < -0.39 is 10.1 Å². The van der Waals surface area contributed by atoms with E-state index in [2.05, 4.69) is 6.92 Å². The molecule has 0 bridgehead atoms. The van der Waals surface area contributed by atoms with Gasteiger partial charge in [-0.3, -0.25) is 4.55 Å². The Hall–Kier alpha value is -0.750. The van der Waals surface area contributed by atoms with Gasteiger partial charge in [-0.25, -0.2) is 0 Å². The lowest BCUT2D eigenvalue weighted by molar-refractivity contribution is 0.189. The molecule has 1 N–H and O–H groups in total. The minimum Gasteiger partial charge on any atom is -0.355 e. The van der Waals surface area contributed by atoms with Crippen LogP contribution >= 0.6 is 0 Å². The molecular weight excluding hydrogens is 216 g/mol. The highest BCUT2D eigenvalue weighted by Gasteiger charge is 2.31. The zero-order chi connectivity index (χ0) is 11.6. The molecule has 0 saturated heterocycles. The maximum Gasteiger partial charge on any atom is 0.311 e. The normalized spacial score (nSPS) is 22.1. The number of unbranched alkanes of at least 4 members (excludes halogenated alkanes) is 1. The fourth-order valence-corrected chi connectivity index (χ4v) is 2.37. The van der Waals surface area contributed by atoms with Crippen molar-refractivity contribution in [3.8, 4) is 0 Å². The summed E-state index contributed by atoms with van der Waals surface area (Å²) in [6, 6.07) is 0. The van der Waals surface area contributed by atoms with Gasteiger partial charge in [0.05, 0.1) is 6.17 Å². The summed E-state index contributed by atoms with van der Waals surface area (Å²) >= 11 is 0. The fraction of sp³-hybridized carbons (Fsp3) is 0.778. The van der Waals surface area contributed by atoms with E-state index in [1.165, 1.54) is 6.20 Å². The lowest BCUT2D eigenvalue weighted by atomic mass is 10.3. The Morgan fingerprint density at radius 1 is 1.53 bits per heavy atom. The zero-order valence-electron chi connectivity index (χ0n) is 9.34. The van der Waals surface area contributed by atoms with Crippen LogP contribution in [-0.4, -0.2) is 42.5 Å². The third kappa shape index (κ3) is 2.63. The molecule has 88 valence electrons. The molecule has 0 aromatic carbocycles. The van der Waals surface area contributed by atoms with Gasteiger partial charge in [0.15, 0.2) is 5.03 Å². The highest BCUT2D eigenvalue weighted by atomic mass is 32.2. The van der Waals surface area contributed by atoms with Crippen molar-refractivity contribution < 1.29 is 13.0 Å². The minimum absolute atomic E-state index is 0.0199. The van der Waals surface area contributed by atoms with E-state index >= 15 is 0 Å². The molecule has 1 aliphatic rings. The molecule has 15 heavy (non-hydrogen) atoms. The summed E-state index contributed by atoms with van der Waals surface area (Å²) in [7, 11) is -2.43. The first kappa shape index (κ1) is 12.3. The average molecular weight is 234 g/mol. The van der Waals surface area contributed by atoms with Crippen LogP contribution in [0.3, 0.4) is 0 Å². The van der Waals surface area contributed by atoms with E-state index in [1.807, 2.05) is 11.8 Å². The van der Waals surface area contributed by atoms with Gasteiger partial charge >= 0.3 is 10.1 Å². The van der Waals surface area contributed by atoms with Crippen molar-refractivity contribution in [2.75, 3.05) is 13.6 Å². The fourth-order valence-electron chi connectivity index (χ4n) is 1.59. The second kappa shape index (κ2) is 4.40. The Morgan fingerprint density at radius 3 is 2.53 bits per heavy atom. The molecule has 0 saturated carbocycles. The van der Waals surface area contributed by atoms with Gasteiger partial charge in [-0.1, -0.05) is 13.3 Å². The Kier molecular flexibility index (Phi) is 3.62. The lowest BCUT2D eigenvalue weighted by Gasteiger charge is -2.27. The molecule has 1 heterocycles. The second-order valence-electron chi connectivity index (χ2n) is 3.78. The molecule has 0 amide bonds. The highest BCUT2D eigenvalue weighted by Crippen LogP contribution is 2.24. The summed E-state index contributed by atoms with van der Waals surface area (Å²) in [4.78, 5) is 3.48. The van der Waals surface area contributed by atoms with Crippen molar-refractivity contribution in [2.24, 2.45) is 0 Å². The van der Waals surface area contributed by atoms with Gasteiger partial charge in [-0.2, -0.15) is 8.42 Å². The maximum atomic E-state index is 11.0. The van der Waals surface area contributed by atoms with Crippen molar-refractivity contribution in [1.82, 2.24) is 9.80 Å². The van der Waals surface area contributed by atoms with Gasteiger partial charge in [0.1, 0.15) is 0 Å². The maximum absolute atomic E-state index is 11.0. The summed E-state index contributed by atoms with van der Waals surface area (Å²) < 4.78 is 31.0. The molecule has 0 radical (unpaired) electrons. The lowest BCUT2D eigenvalue weighted by Crippen LogP contribution is -2.36. The van der Waals surface area contributed by atoms with Crippen LogP contribution in [0.25, 0.3) is 0 Å². The summed E-state index contributed by atoms with van der Waals surface area (Å²) in [6.07, 6.45) is 3.55. The van der Waals surface area contributed by atoms with Gasteiger partial charge in [0.2, 0.25) is 0 Å². The predicted octanol–water partition coefficient (Wildman–Crippen LogP) is 1.07. The molecular formula is C9H18N2O3S. The molecule has 0 spiro atoms. The Bertz CT molecular complexity index is 350. The Labute approximate surface area is 91.1 Å². The van der Waals surface area contributed by atoms with Crippen LogP contribution in [0.4, 0.5) is 0 Å². The summed E-state index contributed by atoms with van der Waals surface area (Å²) in [5.74, 6) is 0. The van der Waals surface area contributed by atoms with Crippen molar-refractivity contribution in [2.45, 2.75) is 32.9 Å². The van der Waals surface area contributed by atoms with Crippen LogP contribution in [0.15, 0.2) is 11.2 Å². The highest BCUT2D eigenvalue weighted by molar-refractivity contribution is 7.89. The SMILES string of the molecule is CCCCN1C=C(S(=O)(=O)O)N(C)C1C. The van der Waals surface area contributed by atoms with E-state index in [4.69, 9.17) is 4.55 Å². The zero-order valence-corrected chi connectivity index (χ0v) is 10.2. The van der Waals surface area contributed by atoms with E-state index in [0.717, 1.165) is 19.4 Å². The number of nitrogens with zero attached hydrogens (tertiary/aromatic N) is 2. The molecule has 6 heteroatoms. The van der Waals surface area contributed by atoms with Crippen LogP contribution < -0.4 is 0 Å². The van der Waals surface area contributed by atoms with E-state index in [9.17, 15) is 8.42 Å².